The SMILES string of the molecule is CNCc1coc(CN(C)C2CCS(=O)(=O)C2)c1. The van der Waals surface area contributed by atoms with Gasteiger partial charge < -0.3 is 9.73 Å². The Balaban J connectivity index is 1.92. The predicted octanol–water partition coefficient (Wildman–Crippen LogP) is 0.618. The minimum Gasteiger partial charge on any atom is -0.468 e. The maximum Gasteiger partial charge on any atom is 0.151 e. The zero-order valence-corrected chi connectivity index (χ0v) is 11.7. The van der Waals surface area contributed by atoms with Gasteiger partial charge >= 0.3 is 0 Å². The molecule has 0 bridgehead atoms. The first-order valence-corrected chi connectivity index (χ1v) is 7.94. The highest BCUT2D eigenvalue weighted by Crippen LogP contribution is 2.19. The van der Waals surface area contributed by atoms with Gasteiger partial charge in [0.15, 0.2) is 9.84 Å². The third-order valence-corrected chi connectivity index (χ3v) is 5.08. The van der Waals surface area contributed by atoms with E-state index in [-0.39, 0.29) is 11.8 Å². The topological polar surface area (TPSA) is 62.6 Å². The molecule has 0 spiro atoms. The van der Waals surface area contributed by atoms with Crippen molar-refractivity contribution in [3.05, 3.63) is 23.7 Å². The Hall–Kier alpha value is -0.850. The fraction of sp³-hybridized carbons (Fsp3) is 0.667. The molecule has 1 aromatic rings. The Morgan fingerprint density at radius 2 is 2.33 bits per heavy atom. The average Bonchev–Trinajstić information content (AvgIpc) is 2.86. The number of sulfone groups is 1. The fourth-order valence-corrected chi connectivity index (χ4v) is 4.11. The van der Waals surface area contributed by atoms with E-state index in [9.17, 15) is 8.42 Å². The van der Waals surface area contributed by atoms with Gasteiger partial charge in [-0.15, -0.1) is 0 Å². The summed E-state index contributed by atoms with van der Waals surface area (Å²) in [7, 11) is 1.02. The lowest BCUT2D eigenvalue weighted by Gasteiger charge is -2.21. The maximum absolute atomic E-state index is 11.4. The van der Waals surface area contributed by atoms with Crippen LogP contribution in [0.25, 0.3) is 0 Å². The van der Waals surface area contributed by atoms with Crippen LogP contribution in [0.1, 0.15) is 17.7 Å². The van der Waals surface area contributed by atoms with E-state index in [0.717, 1.165) is 24.3 Å². The van der Waals surface area contributed by atoms with Crippen LogP contribution in [-0.2, 0) is 22.9 Å². The minimum absolute atomic E-state index is 0.118. The van der Waals surface area contributed by atoms with Crippen molar-refractivity contribution in [2.45, 2.75) is 25.6 Å². The van der Waals surface area contributed by atoms with E-state index in [1.165, 1.54) is 0 Å². The van der Waals surface area contributed by atoms with E-state index in [0.29, 0.717) is 12.3 Å². The van der Waals surface area contributed by atoms with Gasteiger partial charge in [-0.05, 0) is 26.6 Å². The molecule has 1 aliphatic rings. The summed E-state index contributed by atoms with van der Waals surface area (Å²) in [5, 5.41) is 3.06. The lowest BCUT2D eigenvalue weighted by Crippen LogP contribution is -2.31. The normalized spacial score (nSPS) is 22.7. The first kappa shape index (κ1) is 13.6. The molecule has 1 atom stereocenters. The summed E-state index contributed by atoms with van der Waals surface area (Å²) >= 11 is 0. The first-order valence-electron chi connectivity index (χ1n) is 6.12. The molecule has 0 amide bonds. The van der Waals surface area contributed by atoms with E-state index < -0.39 is 9.84 Å². The third kappa shape index (κ3) is 3.34. The van der Waals surface area contributed by atoms with E-state index in [1.807, 2.05) is 20.2 Å². The van der Waals surface area contributed by atoms with Crippen molar-refractivity contribution in [2.75, 3.05) is 25.6 Å². The van der Waals surface area contributed by atoms with Crippen LogP contribution >= 0.6 is 0 Å². The Bertz CT molecular complexity index is 495. The summed E-state index contributed by atoms with van der Waals surface area (Å²) in [5.74, 6) is 1.46. The highest BCUT2D eigenvalue weighted by molar-refractivity contribution is 7.91. The Kier molecular flexibility index (Phi) is 4.09. The summed E-state index contributed by atoms with van der Waals surface area (Å²) < 4.78 is 28.3. The predicted molar refractivity (Wildman–Crippen MR) is 70.0 cm³/mol. The molecule has 0 saturated carbocycles. The van der Waals surface area contributed by atoms with Crippen molar-refractivity contribution in [2.24, 2.45) is 0 Å². The van der Waals surface area contributed by atoms with E-state index in [1.54, 1.807) is 6.26 Å². The maximum atomic E-state index is 11.4. The smallest absolute Gasteiger partial charge is 0.151 e. The van der Waals surface area contributed by atoms with Gasteiger partial charge in [-0.3, -0.25) is 4.90 Å². The van der Waals surface area contributed by atoms with Crippen LogP contribution in [0.5, 0.6) is 0 Å². The first-order chi connectivity index (χ1) is 8.50. The lowest BCUT2D eigenvalue weighted by atomic mass is 10.2. The molecule has 0 aliphatic carbocycles. The molecule has 0 radical (unpaired) electrons. The van der Waals surface area contributed by atoms with Gasteiger partial charge in [-0.1, -0.05) is 0 Å². The molecular formula is C12H20N2O3S. The molecule has 1 fully saturated rings. The van der Waals surface area contributed by atoms with Crippen molar-refractivity contribution >= 4 is 9.84 Å². The standard InChI is InChI=1S/C12H20N2O3S/c1-13-6-10-5-12(17-8-10)7-14(2)11-3-4-18(15,16)9-11/h5,8,11,13H,3-4,6-7,9H2,1-2H3. The summed E-state index contributed by atoms with van der Waals surface area (Å²) in [6.07, 6.45) is 2.47. The van der Waals surface area contributed by atoms with E-state index >= 15 is 0 Å². The molecular weight excluding hydrogens is 252 g/mol. The van der Waals surface area contributed by atoms with Crippen LogP contribution < -0.4 is 5.32 Å². The van der Waals surface area contributed by atoms with Crippen LogP contribution in [0.4, 0.5) is 0 Å². The molecule has 2 heterocycles. The van der Waals surface area contributed by atoms with Crippen molar-refractivity contribution in [1.82, 2.24) is 10.2 Å². The van der Waals surface area contributed by atoms with Crippen molar-refractivity contribution in [3.8, 4) is 0 Å². The average molecular weight is 272 g/mol. The molecule has 0 aromatic carbocycles. The highest BCUT2D eigenvalue weighted by Gasteiger charge is 2.30. The quantitative estimate of drug-likeness (QED) is 0.851. The Morgan fingerprint density at radius 3 is 2.94 bits per heavy atom. The summed E-state index contributed by atoms with van der Waals surface area (Å²) in [5.41, 5.74) is 1.11. The molecule has 2 rings (SSSR count). The van der Waals surface area contributed by atoms with Gasteiger partial charge in [0, 0.05) is 18.2 Å². The van der Waals surface area contributed by atoms with Crippen molar-refractivity contribution < 1.29 is 12.8 Å². The number of furan rings is 1. The van der Waals surface area contributed by atoms with E-state index in [2.05, 4.69) is 10.2 Å². The summed E-state index contributed by atoms with van der Waals surface area (Å²) in [4.78, 5) is 2.06. The zero-order chi connectivity index (χ0) is 13.2. The van der Waals surface area contributed by atoms with Crippen LogP contribution in [0.2, 0.25) is 0 Å². The van der Waals surface area contributed by atoms with Crippen molar-refractivity contribution in [1.29, 1.82) is 0 Å². The Labute approximate surface area is 108 Å². The number of nitrogens with one attached hydrogen (secondary N) is 1. The second-order valence-corrected chi connectivity index (χ2v) is 7.15. The van der Waals surface area contributed by atoms with Gasteiger partial charge in [-0.25, -0.2) is 8.42 Å². The molecule has 1 saturated heterocycles. The van der Waals surface area contributed by atoms with Gasteiger partial charge in [0.2, 0.25) is 0 Å². The van der Waals surface area contributed by atoms with Crippen LogP contribution in [0, 0.1) is 0 Å². The number of hydrogen-bond donors (Lipinski definition) is 1. The zero-order valence-electron chi connectivity index (χ0n) is 10.8. The molecule has 1 unspecified atom stereocenters. The molecule has 18 heavy (non-hydrogen) atoms. The molecule has 1 N–H and O–H groups in total. The fourth-order valence-electron chi connectivity index (χ4n) is 2.30. The summed E-state index contributed by atoms with van der Waals surface area (Å²) in [6, 6.07) is 2.13. The largest absolute Gasteiger partial charge is 0.468 e. The number of rotatable bonds is 5. The highest BCUT2D eigenvalue weighted by atomic mass is 32.2. The lowest BCUT2D eigenvalue weighted by molar-refractivity contribution is 0.234. The minimum atomic E-state index is -2.82. The van der Waals surface area contributed by atoms with Gasteiger partial charge in [0.1, 0.15) is 5.76 Å². The molecule has 102 valence electrons. The number of nitrogens with zero attached hydrogens (tertiary/aromatic N) is 1. The molecule has 5 nitrogen and oxygen atoms in total. The second kappa shape index (κ2) is 5.42. The number of hydrogen-bond acceptors (Lipinski definition) is 5. The van der Waals surface area contributed by atoms with Crippen molar-refractivity contribution in [3.63, 3.8) is 0 Å². The van der Waals surface area contributed by atoms with Gasteiger partial charge in [0.25, 0.3) is 0 Å². The van der Waals surface area contributed by atoms with Gasteiger partial charge in [-0.2, -0.15) is 0 Å². The van der Waals surface area contributed by atoms with Crippen LogP contribution in [-0.4, -0.2) is 45.0 Å². The Morgan fingerprint density at radius 1 is 1.56 bits per heavy atom. The molecule has 1 aromatic heterocycles. The second-order valence-electron chi connectivity index (χ2n) is 4.92. The molecule has 1 aliphatic heterocycles. The third-order valence-electron chi connectivity index (χ3n) is 3.33. The van der Waals surface area contributed by atoms with Crippen LogP contribution in [0.3, 0.4) is 0 Å². The van der Waals surface area contributed by atoms with E-state index in [4.69, 9.17) is 4.42 Å². The monoisotopic (exact) mass is 272 g/mol. The van der Waals surface area contributed by atoms with Gasteiger partial charge in [0.05, 0.1) is 24.3 Å². The van der Waals surface area contributed by atoms with Crippen LogP contribution in [0.15, 0.2) is 16.7 Å². The molecule has 6 heteroatoms. The summed E-state index contributed by atoms with van der Waals surface area (Å²) in [6.45, 7) is 1.44.